The summed E-state index contributed by atoms with van der Waals surface area (Å²) in [6.07, 6.45) is 9.48. The number of likely N-dealkylation sites (N-methyl/N-ethyl adjacent to an activating group) is 1. The molecule has 3 rings (SSSR count). The van der Waals surface area contributed by atoms with E-state index >= 15 is 0 Å². The first-order valence-corrected chi connectivity index (χ1v) is 17.2. The summed E-state index contributed by atoms with van der Waals surface area (Å²) in [5.41, 5.74) is 2.73. The fourth-order valence-electron chi connectivity index (χ4n) is 5.85. The van der Waals surface area contributed by atoms with Crippen LogP contribution in [0.4, 0.5) is 0 Å². The van der Waals surface area contributed by atoms with Crippen molar-refractivity contribution in [2.24, 2.45) is 11.8 Å². The van der Waals surface area contributed by atoms with E-state index in [1.165, 1.54) is 37.7 Å². The van der Waals surface area contributed by atoms with Crippen LogP contribution in [0.1, 0.15) is 89.6 Å². The quantitative estimate of drug-likeness (QED) is 0.196. The van der Waals surface area contributed by atoms with E-state index < -0.39 is 6.04 Å². The Balaban J connectivity index is 1.67. The number of carbonyl (C=O) groups is 3. The number of thiazole rings is 1. The van der Waals surface area contributed by atoms with E-state index in [1.807, 2.05) is 13.0 Å². The van der Waals surface area contributed by atoms with Gasteiger partial charge in [0.2, 0.25) is 17.7 Å². The zero-order chi connectivity index (χ0) is 31.2. The molecule has 2 atom stereocenters. The standard InChI is InChI=1S/C34H53N5O3S/c1-6-13-31(40)37-29(20-32-38-28-17-16-25(7-2)19-30(28)43-32)34(42)36-22-27(18-26-14-11-10-12-15-26)21-35-33(41)24(5)23-39(8-3)9-4/h16-17,19,26-27,29H,5-15,18,20-23H2,1-4H3,(H,35,41)(H,36,42)(H,37,40)/t27?,29-/m0/s1. The summed E-state index contributed by atoms with van der Waals surface area (Å²) in [5.74, 6) is 0.235. The van der Waals surface area contributed by atoms with Gasteiger partial charge in [0.1, 0.15) is 6.04 Å². The molecule has 0 radical (unpaired) electrons. The molecule has 3 N–H and O–H groups in total. The lowest BCUT2D eigenvalue weighted by Crippen LogP contribution is -2.49. The smallest absolute Gasteiger partial charge is 0.247 e. The van der Waals surface area contributed by atoms with Crippen LogP contribution in [0.25, 0.3) is 10.2 Å². The summed E-state index contributed by atoms with van der Waals surface area (Å²) >= 11 is 1.58. The number of fused-ring (bicyclic) bond motifs is 1. The normalized spacial score (nSPS) is 15.3. The van der Waals surface area contributed by atoms with Crippen molar-refractivity contribution in [1.82, 2.24) is 25.8 Å². The van der Waals surface area contributed by atoms with Crippen LogP contribution < -0.4 is 16.0 Å². The van der Waals surface area contributed by atoms with E-state index in [0.29, 0.717) is 50.4 Å². The first-order valence-electron chi connectivity index (χ1n) is 16.4. The molecule has 43 heavy (non-hydrogen) atoms. The van der Waals surface area contributed by atoms with Gasteiger partial charge in [-0.3, -0.25) is 19.3 Å². The largest absolute Gasteiger partial charge is 0.354 e. The molecule has 0 aliphatic heterocycles. The van der Waals surface area contributed by atoms with Crippen molar-refractivity contribution in [3.8, 4) is 0 Å². The van der Waals surface area contributed by atoms with E-state index in [4.69, 9.17) is 4.98 Å². The minimum Gasteiger partial charge on any atom is -0.354 e. The summed E-state index contributed by atoms with van der Waals surface area (Å²) in [4.78, 5) is 46.0. The van der Waals surface area contributed by atoms with Crippen LogP contribution >= 0.6 is 11.3 Å². The maximum absolute atomic E-state index is 13.6. The second-order valence-electron chi connectivity index (χ2n) is 12.0. The van der Waals surface area contributed by atoms with Crippen LogP contribution in [0.2, 0.25) is 0 Å². The average molecular weight is 612 g/mol. The number of nitrogens with one attached hydrogen (secondary N) is 3. The second kappa shape index (κ2) is 18.1. The van der Waals surface area contributed by atoms with Gasteiger partial charge in [0.05, 0.1) is 15.2 Å². The predicted octanol–water partition coefficient (Wildman–Crippen LogP) is 5.40. The Morgan fingerprint density at radius 3 is 2.44 bits per heavy atom. The topological polar surface area (TPSA) is 103 Å². The van der Waals surface area contributed by atoms with Crippen LogP contribution in [0.3, 0.4) is 0 Å². The fraction of sp³-hybridized carbons (Fsp3) is 0.647. The third-order valence-corrected chi connectivity index (χ3v) is 9.59. The van der Waals surface area contributed by atoms with Crippen molar-refractivity contribution in [1.29, 1.82) is 0 Å². The minimum absolute atomic E-state index is 0.0964. The molecule has 1 aromatic carbocycles. The average Bonchev–Trinajstić information content (AvgIpc) is 3.42. The summed E-state index contributed by atoms with van der Waals surface area (Å²) < 4.78 is 1.10. The Morgan fingerprint density at radius 2 is 1.77 bits per heavy atom. The van der Waals surface area contributed by atoms with Crippen LogP contribution in [0, 0.1) is 11.8 Å². The molecule has 0 spiro atoms. The zero-order valence-electron chi connectivity index (χ0n) is 26.8. The molecular weight excluding hydrogens is 558 g/mol. The SMILES string of the molecule is C=C(CN(CC)CC)C(=O)NCC(CNC(=O)[C@H](Cc1nc2ccc(CC)cc2s1)NC(=O)CCC)CC1CCCCC1. The monoisotopic (exact) mass is 611 g/mol. The summed E-state index contributed by atoms with van der Waals surface area (Å²) in [6.45, 7) is 15.5. The molecular formula is C34H53N5O3S. The number of nitrogens with zero attached hydrogens (tertiary/aromatic N) is 2. The zero-order valence-corrected chi connectivity index (χ0v) is 27.6. The highest BCUT2D eigenvalue weighted by Gasteiger charge is 2.25. The lowest BCUT2D eigenvalue weighted by molar-refractivity contribution is -0.129. The molecule has 8 nitrogen and oxygen atoms in total. The fourth-order valence-corrected chi connectivity index (χ4v) is 6.93. The van der Waals surface area contributed by atoms with Crippen molar-refractivity contribution in [2.75, 3.05) is 32.7 Å². The Hall–Kier alpha value is -2.78. The van der Waals surface area contributed by atoms with Gasteiger partial charge in [0.15, 0.2) is 0 Å². The van der Waals surface area contributed by atoms with Crippen LogP contribution in [-0.4, -0.2) is 66.4 Å². The molecule has 1 heterocycles. The number of hydrogen-bond acceptors (Lipinski definition) is 6. The van der Waals surface area contributed by atoms with Crippen molar-refractivity contribution < 1.29 is 14.4 Å². The van der Waals surface area contributed by atoms with Gasteiger partial charge in [-0.15, -0.1) is 11.3 Å². The number of carbonyl (C=O) groups excluding carboxylic acids is 3. The van der Waals surface area contributed by atoms with E-state index in [9.17, 15) is 14.4 Å². The highest BCUT2D eigenvalue weighted by molar-refractivity contribution is 7.18. The van der Waals surface area contributed by atoms with Crippen molar-refractivity contribution in [3.63, 3.8) is 0 Å². The second-order valence-corrected chi connectivity index (χ2v) is 13.1. The Bertz CT molecular complexity index is 1200. The third-order valence-electron chi connectivity index (χ3n) is 8.55. The van der Waals surface area contributed by atoms with Gasteiger partial charge in [-0.2, -0.15) is 0 Å². The molecule has 0 bridgehead atoms. The Morgan fingerprint density at radius 1 is 1.05 bits per heavy atom. The van der Waals surface area contributed by atoms with Gasteiger partial charge in [0, 0.05) is 38.0 Å². The van der Waals surface area contributed by atoms with Gasteiger partial charge in [-0.1, -0.05) is 72.4 Å². The lowest BCUT2D eigenvalue weighted by atomic mass is 9.82. The lowest BCUT2D eigenvalue weighted by Gasteiger charge is -2.28. The van der Waals surface area contributed by atoms with Gasteiger partial charge >= 0.3 is 0 Å². The van der Waals surface area contributed by atoms with E-state index in [-0.39, 0.29) is 23.6 Å². The highest BCUT2D eigenvalue weighted by atomic mass is 32.1. The molecule has 1 aromatic heterocycles. The summed E-state index contributed by atoms with van der Waals surface area (Å²) in [6, 6.07) is 5.56. The Kier molecular flexibility index (Phi) is 14.6. The number of rotatable bonds is 18. The minimum atomic E-state index is -0.705. The molecule has 2 aromatic rings. The molecule has 0 saturated heterocycles. The predicted molar refractivity (Wildman–Crippen MR) is 177 cm³/mol. The van der Waals surface area contributed by atoms with Crippen LogP contribution in [0.5, 0.6) is 0 Å². The summed E-state index contributed by atoms with van der Waals surface area (Å²) in [5, 5.41) is 10.0. The van der Waals surface area contributed by atoms with E-state index in [1.54, 1.807) is 11.3 Å². The maximum Gasteiger partial charge on any atom is 0.247 e. The Labute approximate surface area is 262 Å². The van der Waals surface area contributed by atoms with Crippen LogP contribution in [0.15, 0.2) is 30.4 Å². The first kappa shape index (κ1) is 34.7. The first-order chi connectivity index (χ1) is 20.8. The third kappa shape index (κ3) is 11.3. The number of aromatic nitrogens is 1. The molecule has 238 valence electrons. The molecule has 1 fully saturated rings. The van der Waals surface area contributed by atoms with Crippen molar-refractivity contribution in [3.05, 3.63) is 40.9 Å². The highest BCUT2D eigenvalue weighted by Crippen LogP contribution is 2.29. The van der Waals surface area contributed by atoms with Crippen molar-refractivity contribution in [2.45, 2.75) is 97.9 Å². The number of hydrogen-bond donors (Lipinski definition) is 3. The van der Waals surface area contributed by atoms with Gasteiger partial charge in [-0.25, -0.2) is 4.98 Å². The van der Waals surface area contributed by atoms with Gasteiger partial charge in [0.25, 0.3) is 0 Å². The van der Waals surface area contributed by atoms with E-state index in [0.717, 1.165) is 41.2 Å². The van der Waals surface area contributed by atoms with Crippen molar-refractivity contribution >= 4 is 39.3 Å². The maximum atomic E-state index is 13.6. The molecule has 1 aliphatic carbocycles. The number of benzene rings is 1. The molecule has 9 heteroatoms. The molecule has 1 unspecified atom stereocenters. The van der Waals surface area contributed by atoms with Gasteiger partial charge < -0.3 is 16.0 Å². The number of aryl methyl sites for hydroxylation is 1. The summed E-state index contributed by atoms with van der Waals surface area (Å²) in [7, 11) is 0. The van der Waals surface area contributed by atoms with Crippen LogP contribution in [-0.2, 0) is 27.2 Å². The molecule has 1 saturated carbocycles. The molecule has 3 amide bonds. The number of amides is 3. The van der Waals surface area contributed by atoms with E-state index in [2.05, 4.69) is 60.3 Å². The van der Waals surface area contributed by atoms with Gasteiger partial charge in [-0.05, 0) is 61.9 Å². The molecule has 1 aliphatic rings.